The molecular weight excluding hydrogens is 384 g/mol. The van der Waals surface area contributed by atoms with Crippen molar-refractivity contribution in [2.75, 3.05) is 6.54 Å². The number of thiophene rings is 1. The molecular formula is C22H18N4O2S. The molecule has 0 saturated heterocycles. The van der Waals surface area contributed by atoms with Crippen molar-refractivity contribution < 1.29 is 4.92 Å². The van der Waals surface area contributed by atoms with Gasteiger partial charge in [-0.15, -0.1) is 11.3 Å². The number of hydrogen-bond donors (Lipinski definition) is 0. The van der Waals surface area contributed by atoms with Crippen LogP contribution in [0.4, 0.5) is 10.7 Å². The number of nitro benzene ring substituents is 1. The second-order valence-electron chi connectivity index (χ2n) is 6.85. The first-order valence-electron chi connectivity index (χ1n) is 9.23. The Kier molecular flexibility index (Phi) is 5.47. The van der Waals surface area contributed by atoms with Crippen LogP contribution in [0.15, 0.2) is 59.6 Å². The van der Waals surface area contributed by atoms with Crippen LogP contribution in [0.1, 0.15) is 27.1 Å². The molecule has 0 amide bonds. The zero-order chi connectivity index (χ0) is 20.2. The molecule has 1 aliphatic heterocycles. The summed E-state index contributed by atoms with van der Waals surface area (Å²) in [7, 11) is 0. The Bertz CT molecular complexity index is 1120. The highest BCUT2D eigenvalue weighted by Crippen LogP contribution is 2.38. The van der Waals surface area contributed by atoms with E-state index in [-0.39, 0.29) is 5.69 Å². The van der Waals surface area contributed by atoms with Crippen LogP contribution in [-0.4, -0.2) is 22.6 Å². The van der Waals surface area contributed by atoms with Crippen molar-refractivity contribution in [3.63, 3.8) is 0 Å². The molecule has 0 N–H and O–H groups in total. The van der Waals surface area contributed by atoms with Gasteiger partial charge in [-0.1, -0.05) is 42.5 Å². The molecule has 0 radical (unpaired) electrons. The first kappa shape index (κ1) is 19.0. The Balaban J connectivity index is 1.55. The van der Waals surface area contributed by atoms with Crippen LogP contribution >= 0.6 is 11.3 Å². The molecule has 0 fully saturated rings. The second-order valence-corrected chi connectivity index (χ2v) is 7.94. The fourth-order valence-corrected chi connectivity index (χ4v) is 4.66. The molecule has 29 heavy (non-hydrogen) atoms. The molecule has 7 heteroatoms. The van der Waals surface area contributed by atoms with Gasteiger partial charge in [0.05, 0.1) is 10.5 Å². The summed E-state index contributed by atoms with van der Waals surface area (Å²) in [4.78, 5) is 18.6. The van der Waals surface area contributed by atoms with E-state index in [0.717, 1.165) is 31.6 Å². The van der Waals surface area contributed by atoms with E-state index in [4.69, 9.17) is 0 Å². The Labute approximate surface area is 172 Å². The minimum absolute atomic E-state index is 0.0245. The molecule has 4 rings (SSSR count). The van der Waals surface area contributed by atoms with E-state index in [2.05, 4.69) is 28.1 Å². The first-order valence-corrected chi connectivity index (χ1v) is 10.0. The summed E-state index contributed by atoms with van der Waals surface area (Å²) in [5.74, 6) is 0. The van der Waals surface area contributed by atoms with Crippen molar-refractivity contribution in [3.05, 3.63) is 91.8 Å². The number of hydrogen-bond acceptors (Lipinski definition) is 6. The van der Waals surface area contributed by atoms with Gasteiger partial charge in [-0.05, 0) is 23.1 Å². The van der Waals surface area contributed by atoms with Crippen LogP contribution in [0.5, 0.6) is 0 Å². The van der Waals surface area contributed by atoms with Gasteiger partial charge in [0.15, 0.2) is 0 Å². The van der Waals surface area contributed by atoms with E-state index >= 15 is 0 Å². The minimum atomic E-state index is -0.427. The summed E-state index contributed by atoms with van der Waals surface area (Å²) in [5.41, 5.74) is 3.66. The number of benzene rings is 2. The van der Waals surface area contributed by atoms with E-state index in [1.807, 2.05) is 18.2 Å². The minimum Gasteiger partial charge on any atom is -0.294 e. The average Bonchev–Trinajstić information content (AvgIpc) is 3.10. The smallest absolute Gasteiger partial charge is 0.270 e. The van der Waals surface area contributed by atoms with Gasteiger partial charge in [-0.3, -0.25) is 15.0 Å². The average molecular weight is 402 g/mol. The molecule has 0 saturated carbocycles. The lowest BCUT2D eigenvalue weighted by Gasteiger charge is -2.26. The molecule has 0 spiro atoms. The summed E-state index contributed by atoms with van der Waals surface area (Å²) >= 11 is 1.53. The van der Waals surface area contributed by atoms with Crippen LogP contribution in [0.3, 0.4) is 0 Å². The lowest BCUT2D eigenvalue weighted by atomic mass is 10.0. The van der Waals surface area contributed by atoms with Gasteiger partial charge < -0.3 is 0 Å². The van der Waals surface area contributed by atoms with E-state index in [1.165, 1.54) is 33.9 Å². The first-order chi connectivity index (χ1) is 14.1. The topological polar surface area (TPSA) is 82.5 Å². The molecule has 0 bridgehead atoms. The lowest BCUT2D eigenvalue weighted by molar-refractivity contribution is -0.384. The maximum Gasteiger partial charge on any atom is 0.270 e. The maximum absolute atomic E-state index is 10.9. The molecule has 6 nitrogen and oxygen atoms in total. The molecule has 0 atom stereocenters. The number of nitriles is 1. The molecule has 1 aromatic heterocycles. The third-order valence-electron chi connectivity index (χ3n) is 4.89. The van der Waals surface area contributed by atoms with Crippen molar-refractivity contribution in [2.45, 2.75) is 19.5 Å². The quantitative estimate of drug-likeness (QED) is 0.347. The Morgan fingerprint density at radius 1 is 1.24 bits per heavy atom. The van der Waals surface area contributed by atoms with Crippen molar-refractivity contribution in [2.24, 2.45) is 4.99 Å². The summed E-state index contributed by atoms with van der Waals surface area (Å²) < 4.78 is 0. The van der Waals surface area contributed by atoms with Crippen molar-refractivity contribution >= 4 is 28.2 Å². The van der Waals surface area contributed by atoms with Crippen LogP contribution in [-0.2, 0) is 19.5 Å². The fourth-order valence-electron chi connectivity index (χ4n) is 3.48. The van der Waals surface area contributed by atoms with Gasteiger partial charge in [-0.2, -0.15) is 5.26 Å². The van der Waals surface area contributed by atoms with Crippen LogP contribution in [0.2, 0.25) is 0 Å². The third-order valence-corrected chi connectivity index (χ3v) is 6.01. The van der Waals surface area contributed by atoms with Gasteiger partial charge in [0, 0.05) is 42.9 Å². The fraction of sp³-hybridized carbons (Fsp3) is 0.182. The van der Waals surface area contributed by atoms with Gasteiger partial charge in [0.25, 0.3) is 5.69 Å². The summed E-state index contributed by atoms with van der Waals surface area (Å²) in [6.45, 7) is 2.59. The van der Waals surface area contributed by atoms with E-state index < -0.39 is 4.92 Å². The molecule has 0 aliphatic carbocycles. The number of nitro groups is 1. The van der Waals surface area contributed by atoms with Gasteiger partial charge in [0.1, 0.15) is 11.1 Å². The molecule has 144 valence electrons. The number of nitrogens with zero attached hydrogens (tertiary/aromatic N) is 4. The summed E-state index contributed by atoms with van der Waals surface area (Å²) in [6.07, 6.45) is 2.42. The third kappa shape index (κ3) is 4.24. The molecule has 2 aromatic carbocycles. The SMILES string of the molecule is N#Cc1c(N=Cc2cccc([N+](=O)[O-])c2)sc2c1CCN(Cc1ccccc1)C2. The highest BCUT2D eigenvalue weighted by Gasteiger charge is 2.24. The Hall–Kier alpha value is -3.34. The summed E-state index contributed by atoms with van der Waals surface area (Å²) in [5, 5.41) is 21.3. The standard InChI is InChI=1S/C22H18N4O2S/c23-12-20-19-9-10-25(14-16-5-2-1-3-6-16)15-21(19)29-22(20)24-13-17-7-4-8-18(11-17)26(27)28/h1-8,11,13H,9-10,14-15H2. The highest BCUT2D eigenvalue weighted by molar-refractivity contribution is 7.16. The van der Waals surface area contributed by atoms with E-state index in [9.17, 15) is 15.4 Å². The Morgan fingerprint density at radius 3 is 2.83 bits per heavy atom. The Morgan fingerprint density at radius 2 is 2.07 bits per heavy atom. The van der Waals surface area contributed by atoms with Gasteiger partial charge in [0.2, 0.25) is 0 Å². The summed E-state index contributed by atoms with van der Waals surface area (Å²) in [6, 6.07) is 19.0. The normalized spacial score (nSPS) is 13.9. The molecule has 3 aromatic rings. The lowest BCUT2D eigenvalue weighted by Crippen LogP contribution is -2.29. The van der Waals surface area contributed by atoms with Gasteiger partial charge in [-0.25, -0.2) is 4.99 Å². The van der Waals surface area contributed by atoms with Gasteiger partial charge >= 0.3 is 0 Å². The predicted octanol–water partition coefficient (Wildman–Crippen LogP) is 4.84. The van der Waals surface area contributed by atoms with E-state index in [0.29, 0.717) is 16.1 Å². The number of aliphatic imine (C=N–C) groups is 1. The number of non-ortho nitro benzene ring substituents is 1. The largest absolute Gasteiger partial charge is 0.294 e. The number of rotatable bonds is 5. The molecule has 1 aliphatic rings. The van der Waals surface area contributed by atoms with E-state index in [1.54, 1.807) is 18.3 Å². The number of fused-ring (bicyclic) bond motifs is 1. The predicted molar refractivity (Wildman–Crippen MR) is 114 cm³/mol. The van der Waals surface area contributed by atoms with Crippen molar-refractivity contribution in [3.8, 4) is 6.07 Å². The van der Waals surface area contributed by atoms with Crippen LogP contribution < -0.4 is 0 Å². The van der Waals surface area contributed by atoms with Crippen LogP contribution in [0, 0.1) is 21.4 Å². The highest BCUT2D eigenvalue weighted by atomic mass is 32.1. The van der Waals surface area contributed by atoms with Crippen LogP contribution in [0.25, 0.3) is 0 Å². The monoisotopic (exact) mass is 402 g/mol. The zero-order valence-electron chi connectivity index (χ0n) is 15.6. The molecule has 2 heterocycles. The molecule has 0 unspecified atom stereocenters. The second kappa shape index (κ2) is 8.35. The zero-order valence-corrected chi connectivity index (χ0v) is 16.4. The maximum atomic E-state index is 10.9. The van der Waals surface area contributed by atoms with Crippen molar-refractivity contribution in [1.82, 2.24) is 4.90 Å². The van der Waals surface area contributed by atoms with Crippen molar-refractivity contribution in [1.29, 1.82) is 5.26 Å².